The van der Waals surface area contributed by atoms with Crippen molar-refractivity contribution < 1.29 is 8.78 Å². The Balaban J connectivity index is 0.00000169. The molecule has 2 nitrogen and oxygen atoms in total. The Labute approximate surface area is 95.2 Å². The lowest BCUT2D eigenvalue weighted by Crippen LogP contribution is -2.04. The van der Waals surface area contributed by atoms with E-state index in [9.17, 15) is 8.78 Å². The van der Waals surface area contributed by atoms with Crippen molar-refractivity contribution in [2.24, 2.45) is 5.73 Å². The van der Waals surface area contributed by atoms with Gasteiger partial charge in [-0.3, -0.25) is 5.41 Å². The zero-order chi connectivity index (χ0) is 9.84. The summed E-state index contributed by atoms with van der Waals surface area (Å²) in [5, 5.41) is 6.82. The van der Waals surface area contributed by atoms with E-state index in [1.54, 1.807) is 0 Å². The molecule has 1 aromatic rings. The van der Waals surface area contributed by atoms with E-state index in [-0.39, 0.29) is 27.9 Å². The van der Waals surface area contributed by atoms with E-state index >= 15 is 0 Å². The second-order valence-corrected chi connectivity index (χ2v) is 3.41. The van der Waals surface area contributed by atoms with Gasteiger partial charge in [-0.05, 0) is 11.6 Å². The number of halogens is 3. The van der Waals surface area contributed by atoms with Crippen LogP contribution in [0.1, 0.15) is 5.56 Å². The van der Waals surface area contributed by atoms with E-state index in [1.807, 2.05) is 0 Å². The summed E-state index contributed by atoms with van der Waals surface area (Å²) in [6, 6.07) is 3.34. The molecule has 0 saturated carbocycles. The Kier molecular flexibility index (Phi) is 5.71. The number of thioether (sulfide) groups is 1. The van der Waals surface area contributed by atoms with E-state index < -0.39 is 11.6 Å². The summed E-state index contributed by atoms with van der Waals surface area (Å²) in [4.78, 5) is 0. The molecule has 0 aromatic heterocycles. The van der Waals surface area contributed by atoms with Gasteiger partial charge in [0.05, 0.1) is 0 Å². The summed E-state index contributed by atoms with van der Waals surface area (Å²) < 4.78 is 25.4. The van der Waals surface area contributed by atoms with Gasteiger partial charge < -0.3 is 5.73 Å². The molecule has 0 aliphatic rings. The lowest BCUT2D eigenvalue weighted by Gasteiger charge is -2.01. The van der Waals surface area contributed by atoms with Crippen molar-refractivity contribution in [3.8, 4) is 0 Å². The number of hydrogen-bond donors (Lipinski definition) is 2. The molecule has 0 fully saturated rings. The average Bonchev–Trinajstić information content (AvgIpc) is 2.02. The first kappa shape index (κ1) is 13.4. The predicted octanol–water partition coefficient (Wildman–Crippen LogP) is 2.67. The Morgan fingerprint density at radius 3 is 2.57 bits per heavy atom. The Hall–Kier alpha value is -0.620. The third-order valence-electron chi connectivity index (χ3n) is 1.40. The minimum absolute atomic E-state index is 0. The fourth-order valence-corrected chi connectivity index (χ4v) is 1.34. The SMILES string of the molecule is Br.N=C(N)SCc1ccc(F)cc1F. The molecule has 1 rings (SSSR count). The molecular weight excluding hydrogens is 274 g/mol. The van der Waals surface area contributed by atoms with Crippen molar-refractivity contribution in [2.45, 2.75) is 5.75 Å². The molecule has 6 heteroatoms. The summed E-state index contributed by atoms with van der Waals surface area (Å²) >= 11 is 1.00. The van der Waals surface area contributed by atoms with Crippen LogP contribution in [-0.2, 0) is 5.75 Å². The van der Waals surface area contributed by atoms with Crippen LogP contribution in [0, 0.1) is 17.0 Å². The minimum atomic E-state index is -0.603. The van der Waals surface area contributed by atoms with Gasteiger partial charge in [0.2, 0.25) is 0 Å². The smallest absolute Gasteiger partial charge is 0.151 e. The van der Waals surface area contributed by atoms with E-state index in [1.165, 1.54) is 12.1 Å². The molecule has 0 heterocycles. The maximum atomic E-state index is 12.9. The fourth-order valence-electron chi connectivity index (χ4n) is 0.794. The number of nitrogens with one attached hydrogen (secondary N) is 1. The highest BCUT2D eigenvalue weighted by atomic mass is 79.9. The lowest BCUT2D eigenvalue weighted by atomic mass is 10.2. The van der Waals surface area contributed by atoms with Crippen LogP contribution in [0.2, 0.25) is 0 Å². The third kappa shape index (κ3) is 4.06. The van der Waals surface area contributed by atoms with Crippen molar-refractivity contribution >= 4 is 33.9 Å². The molecule has 1 aromatic carbocycles. The number of benzene rings is 1. The molecule has 0 unspecified atom stereocenters. The standard InChI is InChI=1S/C8H8F2N2S.BrH/c9-6-2-1-5(7(10)3-6)4-13-8(11)12;/h1-3H,4H2,(H3,11,12);1H. The van der Waals surface area contributed by atoms with E-state index in [4.69, 9.17) is 11.1 Å². The minimum Gasteiger partial charge on any atom is -0.379 e. The Morgan fingerprint density at radius 2 is 2.07 bits per heavy atom. The van der Waals surface area contributed by atoms with Crippen LogP contribution in [0.3, 0.4) is 0 Å². The topological polar surface area (TPSA) is 49.9 Å². The van der Waals surface area contributed by atoms with Crippen LogP contribution in [0.25, 0.3) is 0 Å². The van der Waals surface area contributed by atoms with Gasteiger partial charge in [0.15, 0.2) is 5.17 Å². The van der Waals surface area contributed by atoms with Crippen LogP contribution in [-0.4, -0.2) is 5.17 Å². The maximum absolute atomic E-state index is 12.9. The quantitative estimate of drug-likeness (QED) is 0.647. The summed E-state index contributed by atoms with van der Waals surface area (Å²) in [6.07, 6.45) is 0. The third-order valence-corrected chi connectivity index (χ3v) is 2.16. The average molecular weight is 283 g/mol. The predicted molar refractivity (Wildman–Crippen MR) is 59.9 cm³/mol. The number of nitrogens with two attached hydrogens (primary N) is 1. The molecule has 78 valence electrons. The monoisotopic (exact) mass is 282 g/mol. The van der Waals surface area contributed by atoms with Crippen LogP contribution in [0.4, 0.5) is 8.78 Å². The van der Waals surface area contributed by atoms with Crippen LogP contribution < -0.4 is 5.73 Å². The maximum Gasteiger partial charge on any atom is 0.151 e. The molecule has 3 N–H and O–H groups in total. The first-order valence-electron chi connectivity index (χ1n) is 3.50. The number of rotatable bonds is 2. The van der Waals surface area contributed by atoms with Gasteiger partial charge in [-0.25, -0.2) is 8.78 Å². The first-order chi connectivity index (χ1) is 6.09. The molecule has 0 radical (unpaired) electrons. The fraction of sp³-hybridized carbons (Fsp3) is 0.125. The van der Waals surface area contributed by atoms with E-state index in [0.717, 1.165) is 17.8 Å². The normalized spacial score (nSPS) is 9.29. The highest BCUT2D eigenvalue weighted by molar-refractivity contribution is 8.93. The number of hydrogen-bond acceptors (Lipinski definition) is 2. The molecule has 0 saturated heterocycles. The van der Waals surface area contributed by atoms with Gasteiger partial charge >= 0.3 is 0 Å². The summed E-state index contributed by atoms with van der Waals surface area (Å²) in [7, 11) is 0. The highest BCUT2D eigenvalue weighted by Crippen LogP contribution is 2.15. The molecule has 0 aliphatic carbocycles. The van der Waals surface area contributed by atoms with Gasteiger partial charge in [-0.1, -0.05) is 17.8 Å². The van der Waals surface area contributed by atoms with Gasteiger partial charge in [0.25, 0.3) is 0 Å². The molecular formula is C8H9BrF2N2S. The van der Waals surface area contributed by atoms with Crippen molar-refractivity contribution in [3.05, 3.63) is 35.4 Å². The van der Waals surface area contributed by atoms with Crippen molar-refractivity contribution in [1.29, 1.82) is 5.41 Å². The van der Waals surface area contributed by atoms with Gasteiger partial charge in [0, 0.05) is 11.8 Å². The first-order valence-corrected chi connectivity index (χ1v) is 4.49. The molecule has 0 spiro atoms. The van der Waals surface area contributed by atoms with Crippen molar-refractivity contribution in [3.63, 3.8) is 0 Å². The zero-order valence-electron chi connectivity index (χ0n) is 7.09. The van der Waals surface area contributed by atoms with E-state index in [2.05, 4.69) is 0 Å². The van der Waals surface area contributed by atoms with Crippen LogP contribution in [0.15, 0.2) is 18.2 Å². The zero-order valence-corrected chi connectivity index (χ0v) is 9.62. The summed E-state index contributed by atoms with van der Waals surface area (Å²) in [5.74, 6) is -0.954. The van der Waals surface area contributed by atoms with Crippen LogP contribution in [0.5, 0.6) is 0 Å². The lowest BCUT2D eigenvalue weighted by molar-refractivity contribution is 0.577. The Bertz CT molecular complexity index is 333. The van der Waals surface area contributed by atoms with E-state index in [0.29, 0.717) is 5.56 Å². The van der Waals surface area contributed by atoms with Crippen molar-refractivity contribution in [2.75, 3.05) is 0 Å². The van der Waals surface area contributed by atoms with Crippen molar-refractivity contribution in [1.82, 2.24) is 0 Å². The largest absolute Gasteiger partial charge is 0.379 e. The van der Waals surface area contributed by atoms with Gasteiger partial charge in [-0.15, -0.1) is 17.0 Å². The molecule has 0 aliphatic heterocycles. The molecule has 0 bridgehead atoms. The molecule has 0 amide bonds. The highest BCUT2D eigenvalue weighted by Gasteiger charge is 2.03. The second kappa shape index (κ2) is 5.98. The van der Waals surface area contributed by atoms with Gasteiger partial charge in [0.1, 0.15) is 11.6 Å². The number of amidine groups is 1. The summed E-state index contributed by atoms with van der Waals surface area (Å²) in [5.41, 5.74) is 5.42. The summed E-state index contributed by atoms with van der Waals surface area (Å²) in [6.45, 7) is 0. The second-order valence-electron chi connectivity index (χ2n) is 2.39. The molecule has 14 heavy (non-hydrogen) atoms. The Morgan fingerprint density at radius 1 is 1.43 bits per heavy atom. The molecule has 0 atom stereocenters. The van der Waals surface area contributed by atoms with Crippen LogP contribution >= 0.6 is 28.7 Å². The van der Waals surface area contributed by atoms with Gasteiger partial charge in [-0.2, -0.15) is 0 Å².